The Morgan fingerprint density at radius 3 is 2.63 bits per heavy atom. The number of fused-ring (bicyclic) bond motifs is 1. The fourth-order valence-electron chi connectivity index (χ4n) is 6.80. The minimum Gasteiger partial charge on any atom is -0.427 e. The van der Waals surface area contributed by atoms with Crippen LogP contribution >= 0.6 is 0 Å². The standard InChI is InChI=1S/C29H31FN8O6.C2H6/c1-31-25(36-44-14-40)23-16-8-29(9-17(23)24(16)29)12-33-28(42)21-7-19(35-26-18(30)11-34-38(21)26)27(41)32-10-15-4-5-22(43-13-39)20(6-15)37(2)3;1-2/h4-7,13-14,16,24,34H,8-12H2,1-3H3,(H,31,36)(H,32,41)(H,33,42);1-2H3. The van der Waals surface area contributed by atoms with Gasteiger partial charge in [0.2, 0.25) is 0 Å². The first-order valence-electron chi connectivity index (χ1n) is 15.0. The Bertz CT molecular complexity index is 1620. The van der Waals surface area contributed by atoms with Crippen molar-refractivity contribution in [2.75, 3.05) is 39.1 Å². The summed E-state index contributed by atoms with van der Waals surface area (Å²) in [7, 11) is 5.21. The van der Waals surface area contributed by atoms with Crippen molar-refractivity contribution in [3.8, 4) is 5.75 Å². The number of rotatable bonds is 12. The number of amides is 2. The predicted octanol–water partition coefficient (Wildman–Crippen LogP) is 1.39. The first kappa shape index (κ1) is 32.3. The summed E-state index contributed by atoms with van der Waals surface area (Å²) in [6.45, 7) is 5.03. The molecule has 15 heteroatoms. The van der Waals surface area contributed by atoms with E-state index in [4.69, 9.17) is 4.74 Å². The third kappa shape index (κ3) is 5.50. The van der Waals surface area contributed by atoms with Gasteiger partial charge in [-0.15, -0.1) is 0 Å². The largest absolute Gasteiger partial charge is 0.427 e. The molecule has 1 aromatic rings. The number of allylic oxidation sites excluding steroid dienone is 1. The predicted molar refractivity (Wildman–Crippen MR) is 166 cm³/mol. The summed E-state index contributed by atoms with van der Waals surface area (Å²) < 4.78 is 19.7. The minimum atomic E-state index is -0.591. The molecule has 2 heterocycles. The van der Waals surface area contributed by atoms with Crippen LogP contribution in [0, 0.1) is 17.3 Å². The molecule has 5 aliphatic rings. The second-order valence-corrected chi connectivity index (χ2v) is 11.4. The molecular formula is C31H37FN8O6. The molecule has 2 aliphatic heterocycles. The van der Waals surface area contributed by atoms with E-state index in [0.717, 1.165) is 24.0 Å². The number of halogens is 1. The van der Waals surface area contributed by atoms with Gasteiger partial charge in [0, 0.05) is 45.9 Å². The minimum absolute atomic E-state index is 0.0605. The number of benzene rings is 1. The molecule has 46 heavy (non-hydrogen) atoms. The van der Waals surface area contributed by atoms with Crippen molar-refractivity contribution in [2.45, 2.75) is 33.2 Å². The first-order chi connectivity index (χ1) is 22.2. The topological polar surface area (TPSA) is 166 Å². The number of amidine groups is 1. The number of hydroxylamine groups is 1. The number of nitrogens with one attached hydrogen (secondary N) is 4. The van der Waals surface area contributed by atoms with Crippen molar-refractivity contribution in [1.82, 2.24) is 26.5 Å². The zero-order valence-electron chi connectivity index (χ0n) is 26.3. The van der Waals surface area contributed by atoms with Crippen molar-refractivity contribution < 1.29 is 33.1 Å². The number of carbonyl (C=O) groups excluding carboxylic acids is 4. The lowest BCUT2D eigenvalue weighted by molar-refractivity contribution is -0.132. The Morgan fingerprint density at radius 1 is 1.22 bits per heavy atom. The smallest absolute Gasteiger partial charge is 0.320 e. The van der Waals surface area contributed by atoms with Gasteiger partial charge in [0.25, 0.3) is 18.3 Å². The molecule has 2 amide bonds. The molecular weight excluding hydrogens is 599 g/mol. The second-order valence-electron chi connectivity index (χ2n) is 11.4. The molecule has 6 rings (SSSR count). The molecule has 2 saturated carbocycles. The van der Waals surface area contributed by atoms with Gasteiger partial charge in [-0.25, -0.2) is 20.3 Å². The van der Waals surface area contributed by atoms with E-state index in [9.17, 15) is 23.6 Å². The summed E-state index contributed by atoms with van der Waals surface area (Å²) in [4.78, 5) is 62.7. The average molecular weight is 637 g/mol. The first-order valence-corrected chi connectivity index (χ1v) is 15.0. The van der Waals surface area contributed by atoms with Crippen molar-refractivity contribution in [3.63, 3.8) is 0 Å². The van der Waals surface area contributed by atoms with E-state index in [1.807, 2.05) is 13.8 Å². The van der Waals surface area contributed by atoms with E-state index in [-0.39, 0.29) is 35.7 Å². The molecule has 3 atom stereocenters. The van der Waals surface area contributed by atoms with Crippen LogP contribution in [-0.2, 0) is 30.6 Å². The van der Waals surface area contributed by atoms with Crippen molar-refractivity contribution in [3.05, 3.63) is 58.3 Å². The highest BCUT2D eigenvalue weighted by atomic mass is 19.1. The zero-order chi connectivity index (χ0) is 33.2. The van der Waals surface area contributed by atoms with E-state index >= 15 is 0 Å². The number of nitrogens with zero attached hydrogens (tertiary/aromatic N) is 4. The van der Waals surface area contributed by atoms with Crippen LogP contribution < -0.4 is 31.2 Å². The van der Waals surface area contributed by atoms with Crippen LogP contribution in [0.3, 0.4) is 0 Å². The highest BCUT2D eigenvalue weighted by Gasteiger charge is 2.70. The van der Waals surface area contributed by atoms with Crippen LogP contribution in [0.5, 0.6) is 5.75 Å². The number of hydrazine groups is 1. The summed E-state index contributed by atoms with van der Waals surface area (Å²) in [5.41, 5.74) is 8.96. The van der Waals surface area contributed by atoms with E-state index in [2.05, 4.69) is 36.4 Å². The van der Waals surface area contributed by atoms with Crippen LogP contribution in [0.2, 0.25) is 0 Å². The molecule has 3 aliphatic carbocycles. The quantitative estimate of drug-likeness (QED) is 0.114. The van der Waals surface area contributed by atoms with Gasteiger partial charge in [0.1, 0.15) is 11.4 Å². The van der Waals surface area contributed by atoms with E-state index in [0.29, 0.717) is 48.6 Å². The maximum atomic E-state index is 14.6. The lowest BCUT2D eigenvalue weighted by atomic mass is 9.32. The van der Waals surface area contributed by atoms with Crippen molar-refractivity contribution in [2.24, 2.45) is 27.2 Å². The summed E-state index contributed by atoms with van der Waals surface area (Å²) in [6.07, 6.45) is 2.98. The van der Waals surface area contributed by atoms with E-state index in [1.165, 1.54) is 16.7 Å². The number of anilines is 1. The molecule has 0 radical (unpaired) electrons. The highest BCUT2D eigenvalue weighted by molar-refractivity contribution is 6.44. The Morgan fingerprint density at radius 2 is 2.00 bits per heavy atom. The van der Waals surface area contributed by atoms with Gasteiger partial charge in [-0.1, -0.05) is 25.5 Å². The van der Waals surface area contributed by atoms with Gasteiger partial charge in [-0.3, -0.25) is 29.2 Å². The summed E-state index contributed by atoms with van der Waals surface area (Å²) in [5, 5.41) is 7.01. The maximum Gasteiger partial charge on any atom is 0.320 e. The van der Waals surface area contributed by atoms with Gasteiger partial charge in [-0.05, 0) is 47.8 Å². The Labute approximate surface area is 265 Å². The van der Waals surface area contributed by atoms with Crippen molar-refractivity contribution >= 4 is 42.0 Å². The Hall–Kier alpha value is -5.05. The van der Waals surface area contributed by atoms with E-state index in [1.54, 1.807) is 44.2 Å². The normalized spacial score (nSPS) is 23.4. The Kier molecular flexibility index (Phi) is 9.23. The monoisotopic (exact) mass is 636 g/mol. The van der Waals surface area contributed by atoms with E-state index < -0.39 is 17.6 Å². The number of carbonyl (C=O) groups is 4. The molecule has 0 spiro atoms. The lowest BCUT2D eigenvalue weighted by Gasteiger charge is -2.72. The molecule has 14 nitrogen and oxygen atoms in total. The molecule has 1 aromatic carbocycles. The summed E-state index contributed by atoms with van der Waals surface area (Å²) >= 11 is 0. The molecule has 3 unspecified atom stereocenters. The summed E-state index contributed by atoms with van der Waals surface area (Å²) in [6, 6.07) is 5.10. The average Bonchev–Trinajstić information content (AvgIpc) is 3.44. The van der Waals surface area contributed by atoms with Gasteiger partial charge in [0.05, 0.1) is 12.2 Å². The number of ether oxygens (including phenoxy) is 1. The second kappa shape index (κ2) is 13.1. The molecule has 0 aromatic heterocycles. The summed E-state index contributed by atoms with van der Waals surface area (Å²) in [5.74, 6) is -0.226. The van der Waals surface area contributed by atoms with Crippen LogP contribution in [0.25, 0.3) is 0 Å². The highest BCUT2D eigenvalue weighted by Crippen LogP contribution is 2.76. The third-order valence-electron chi connectivity index (χ3n) is 8.79. The van der Waals surface area contributed by atoms with Crippen molar-refractivity contribution in [1.29, 1.82) is 0 Å². The zero-order valence-corrected chi connectivity index (χ0v) is 26.3. The number of aliphatic imine (C=N–C) groups is 2. The van der Waals surface area contributed by atoms with Gasteiger partial charge in [0.15, 0.2) is 23.2 Å². The third-order valence-corrected chi connectivity index (χ3v) is 8.79. The SMILES string of the molecule is CC.CN=C(NOC=O)C1=C2CC3(CNC(=O)C4=CC(C(=O)NCc5ccc(OC=O)c(N(C)C)c5)=NC5=C(F)CNN45)CC1C23. The molecule has 4 N–H and O–H groups in total. The number of hydrogen-bond donors (Lipinski definition) is 4. The molecule has 2 fully saturated rings. The number of hydrogen-bond acceptors (Lipinski definition) is 11. The van der Waals surface area contributed by atoms with Crippen LogP contribution in [0.15, 0.2) is 62.8 Å². The van der Waals surface area contributed by atoms with Crippen LogP contribution in [-0.4, -0.2) is 75.5 Å². The van der Waals surface area contributed by atoms with Gasteiger partial charge < -0.3 is 25.1 Å². The van der Waals surface area contributed by atoms with Gasteiger partial charge >= 0.3 is 6.47 Å². The lowest BCUT2D eigenvalue weighted by Crippen LogP contribution is -2.69. The fraction of sp³-hybridized carbons (Fsp3) is 0.419. The molecule has 0 saturated heterocycles. The Balaban J connectivity index is 0.00000204. The van der Waals surface area contributed by atoms with Gasteiger partial charge in [-0.2, -0.15) is 0 Å². The van der Waals surface area contributed by atoms with Crippen LogP contribution in [0.4, 0.5) is 10.1 Å². The molecule has 0 bridgehead atoms. The fourth-order valence-corrected chi connectivity index (χ4v) is 6.80. The maximum absolute atomic E-state index is 14.6. The van der Waals surface area contributed by atoms with Crippen LogP contribution in [0.1, 0.15) is 32.3 Å². The molecule has 244 valence electrons.